The molecule has 0 saturated carbocycles. The lowest BCUT2D eigenvalue weighted by Crippen LogP contribution is -2.25. The molecule has 0 aliphatic rings. The molecule has 0 aliphatic heterocycles. The van der Waals surface area contributed by atoms with Gasteiger partial charge in [-0.2, -0.15) is 0 Å². The number of rotatable bonds is 4. The van der Waals surface area contributed by atoms with E-state index in [9.17, 15) is 4.79 Å². The molecular weight excluding hydrogens is 262 g/mol. The number of carbonyl (C=O) groups excluding carboxylic acids is 1. The Labute approximate surface area is 123 Å². The Morgan fingerprint density at radius 3 is 2.57 bits per heavy atom. The highest BCUT2D eigenvalue weighted by Crippen LogP contribution is 2.22. The molecule has 3 nitrogen and oxygen atoms in total. The van der Waals surface area contributed by atoms with Crippen LogP contribution in [0.1, 0.15) is 15.9 Å². The minimum Gasteiger partial charge on any atom is -0.464 e. The molecule has 1 heterocycles. The predicted octanol–water partition coefficient (Wildman–Crippen LogP) is 4.06. The summed E-state index contributed by atoms with van der Waals surface area (Å²) in [6, 6.07) is 15.7. The van der Waals surface area contributed by atoms with Crippen molar-refractivity contribution >= 4 is 22.4 Å². The van der Waals surface area contributed by atoms with Gasteiger partial charge in [-0.3, -0.25) is 4.79 Å². The minimum absolute atomic E-state index is 0.0584. The fourth-order valence-electron chi connectivity index (χ4n) is 2.38. The standard InChI is InChI=1S/C18H17NO2/c1-13-7-9-14(10-8-13)19(2)11-17(20)16-12-21-18-6-4-3-5-15(16)18/h3-10,12H,11H2,1-2H3. The van der Waals surface area contributed by atoms with Crippen LogP contribution in [0.25, 0.3) is 11.0 Å². The summed E-state index contributed by atoms with van der Waals surface area (Å²) in [6.07, 6.45) is 1.55. The van der Waals surface area contributed by atoms with Crippen LogP contribution in [0.3, 0.4) is 0 Å². The van der Waals surface area contributed by atoms with Crippen molar-refractivity contribution in [1.82, 2.24) is 0 Å². The average molecular weight is 279 g/mol. The maximum absolute atomic E-state index is 12.5. The summed E-state index contributed by atoms with van der Waals surface area (Å²) in [4.78, 5) is 14.4. The predicted molar refractivity (Wildman–Crippen MR) is 85.0 cm³/mol. The summed E-state index contributed by atoms with van der Waals surface area (Å²) >= 11 is 0. The number of benzene rings is 2. The highest BCUT2D eigenvalue weighted by atomic mass is 16.3. The molecule has 106 valence electrons. The molecule has 0 spiro atoms. The Morgan fingerprint density at radius 1 is 1.10 bits per heavy atom. The Morgan fingerprint density at radius 2 is 1.81 bits per heavy atom. The van der Waals surface area contributed by atoms with E-state index in [1.54, 1.807) is 6.26 Å². The van der Waals surface area contributed by atoms with Crippen molar-refractivity contribution in [3.8, 4) is 0 Å². The largest absolute Gasteiger partial charge is 0.464 e. The van der Waals surface area contributed by atoms with Crippen LogP contribution in [0.5, 0.6) is 0 Å². The molecule has 0 aliphatic carbocycles. The summed E-state index contributed by atoms with van der Waals surface area (Å²) in [7, 11) is 1.92. The van der Waals surface area contributed by atoms with Gasteiger partial charge in [-0.05, 0) is 25.1 Å². The molecule has 0 saturated heterocycles. The van der Waals surface area contributed by atoms with Crippen molar-refractivity contribution < 1.29 is 9.21 Å². The van der Waals surface area contributed by atoms with Crippen LogP contribution in [0.2, 0.25) is 0 Å². The van der Waals surface area contributed by atoms with Gasteiger partial charge < -0.3 is 9.32 Å². The van der Waals surface area contributed by atoms with Gasteiger partial charge in [0, 0.05) is 18.1 Å². The first-order valence-electron chi connectivity index (χ1n) is 6.92. The molecule has 3 aromatic rings. The lowest BCUT2D eigenvalue weighted by atomic mass is 10.1. The molecule has 0 N–H and O–H groups in total. The zero-order valence-corrected chi connectivity index (χ0v) is 12.2. The van der Waals surface area contributed by atoms with Crippen LogP contribution < -0.4 is 4.90 Å². The van der Waals surface area contributed by atoms with Crippen LogP contribution in [0, 0.1) is 6.92 Å². The summed E-state index contributed by atoms with van der Waals surface area (Å²) in [5.41, 5.74) is 3.63. The second-order valence-corrected chi connectivity index (χ2v) is 5.26. The van der Waals surface area contributed by atoms with Gasteiger partial charge in [0.15, 0.2) is 5.78 Å². The van der Waals surface area contributed by atoms with Crippen LogP contribution in [0.4, 0.5) is 5.69 Å². The third-order valence-electron chi connectivity index (χ3n) is 3.64. The molecule has 3 heteroatoms. The molecule has 0 fully saturated rings. The zero-order chi connectivity index (χ0) is 14.8. The number of likely N-dealkylation sites (N-methyl/N-ethyl adjacent to an activating group) is 1. The first-order chi connectivity index (χ1) is 10.1. The van der Waals surface area contributed by atoms with E-state index in [1.807, 2.05) is 67.4 Å². The lowest BCUT2D eigenvalue weighted by molar-refractivity contribution is 0.100. The molecule has 0 bridgehead atoms. The second-order valence-electron chi connectivity index (χ2n) is 5.26. The molecule has 2 aromatic carbocycles. The van der Waals surface area contributed by atoms with Crippen LogP contribution in [-0.4, -0.2) is 19.4 Å². The van der Waals surface area contributed by atoms with Crippen LogP contribution >= 0.6 is 0 Å². The van der Waals surface area contributed by atoms with Gasteiger partial charge in [0.25, 0.3) is 0 Å². The van der Waals surface area contributed by atoms with E-state index in [4.69, 9.17) is 4.42 Å². The maximum atomic E-state index is 12.5. The Balaban J connectivity index is 1.81. The van der Waals surface area contributed by atoms with Crippen molar-refractivity contribution in [1.29, 1.82) is 0 Å². The maximum Gasteiger partial charge on any atom is 0.185 e. The van der Waals surface area contributed by atoms with E-state index >= 15 is 0 Å². The smallest absolute Gasteiger partial charge is 0.185 e. The topological polar surface area (TPSA) is 33.5 Å². The molecule has 21 heavy (non-hydrogen) atoms. The highest BCUT2D eigenvalue weighted by molar-refractivity contribution is 6.08. The van der Waals surface area contributed by atoms with E-state index in [0.717, 1.165) is 16.7 Å². The van der Waals surface area contributed by atoms with Crippen LogP contribution in [0.15, 0.2) is 59.2 Å². The first kappa shape index (κ1) is 13.4. The van der Waals surface area contributed by atoms with Gasteiger partial charge in [0.05, 0.1) is 12.1 Å². The molecule has 0 amide bonds. The fourth-order valence-corrected chi connectivity index (χ4v) is 2.38. The van der Waals surface area contributed by atoms with E-state index in [0.29, 0.717) is 12.1 Å². The van der Waals surface area contributed by atoms with Crippen molar-refractivity contribution in [3.63, 3.8) is 0 Å². The fraction of sp³-hybridized carbons (Fsp3) is 0.167. The summed E-state index contributed by atoms with van der Waals surface area (Å²) in [6.45, 7) is 2.37. The van der Waals surface area contributed by atoms with Crippen molar-refractivity contribution in [3.05, 3.63) is 65.9 Å². The quantitative estimate of drug-likeness (QED) is 0.675. The number of nitrogens with zero attached hydrogens (tertiary/aromatic N) is 1. The molecule has 3 rings (SSSR count). The number of anilines is 1. The molecule has 0 radical (unpaired) electrons. The molecular formula is C18H17NO2. The van der Waals surface area contributed by atoms with Gasteiger partial charge in [-0.25, -0.2) is 0 Å². The monoisotopic (exact) mass is 279 g/mol. The highest BCUT2D eigenvalue weighted by Gasteiger charge is 2.15. The third-order valence-corrected chi connectivity index (χ3v) is 3.64. The number of hydrogen-bond donors (Lipinski definition) is 0. The van der Waals surface area contributed by atoms with Crippen molar-refractivity contribution in [2.75, 3.05) is 18.5 Å². The van der Waals surface area contributed by atoms with E-state index < -0.39 is 0 Å². The summed E-state index contributed by atoms with van der Waals surface area (Å²) in [5, 5.41) is 0.875. The number of para-hydroxylation sites is 1. The summed E-state index contributed by atoms with van der Waals surface area (Å²) in [5.74, 6) is 0.0584. The third kappa shape index (κ3) is 2.68. The SMILES string of the molecule is Cc1ccc(N(C)CC(=O)c2coc3ccccc23)cc1. The Hall–Kier alpha value is -2.55. The van der Waals surface area contributed by atoms with Gasteiger partial charge in [0.2, 0.25) is 0 Å². The second kappa shape index (κ2) is 5.44. The van der Waals surface area contributed by atoms with E-state index in [2.05, 4.69) is 0 Å². The number of Topliss-reactive ketones (excluding diaryl/α,β-unsaturated/α-hetero) is 1. The van der Waals surface area contributed by atoms with Crippen molar-refractivity contribution in [2.45, 2.75) is 6.92 Å². The molecule has 0 atom stereocenters. The van der Waals surface area contributed by atoms with Gasteiger partial charge in [-0.1, -0.05) is 35.9 Å². The number of hydrogen-bond acceptors (Lipinski definition) is 3. The first-order valence-corrected chi connectivity index (χ1v) is 6.92. The van der Waals surface area contributed by atoms with Crippen molar-refractivity contribution in [2.24, 2.45) is 0 Å². The van der Waals surface area contributed by atoms with Gasteiger partial charge >= 0.3 is 0 Å². The Kier molecular flexibility index (Phi) is 3.48. The van der Waals surface area contributed by atoms with Gasteiger partial charge in [-0.15, -0.1) is 0 Å². The van der Waals surface area contributed by atoms with E-state index in [-0.39, 0.29) is 5.78 Å². The Bertz CT molecular complexity index is 771. The number of furan rings is 1. The normalized spacial score (nSPS) is 10.8. The minimum atomic E-state index is 0.0584. The zero-order valence-electron chi connectivity index (χ0n) is 12.2. The van der Waals surface area contributed by atoms with Gasteiger partial charge in [0.1, 0.15) is 11.8 Å². The van der Waals surface area contributed by atoms with Crippen LogP contribution in [-0.2, 0) is 0 Å². The number of ketones is 1. The number of aryl methyl sites for hydroxylation is 1. The average Bonchev–Trinajstić information content (AvgIpc) is 2.92. The molecule has 0 unspecified atom stereocenters. The van der Waals surface area contributed by atoms with E-state index in [1.165, 1.54) is 5.56 Å². The lowest BCUT2D eigenvalue weighted by Gasteiger charge is -2.18. The summed E-state index contributed by atoms with van der Waals surface area (Å²) < 4.78 is 5.43. The molecule has 1 aromatic heterocycles. The number of carbonyl (C=O) groups is 1. The number of fused-ring (bicyclic) bond motifs is 1.